The van der Waals surface area contributed by atoms with Crippen LogP contribution in [-0.2, 0) is 11.3 Å². The van der Waals surface area contributed by atoms with E-state index in [1.807, 2.05) is 0 Å². The highest BCUT2D eigenvalue weighted by Crippen LogP contribution is 2.21. The summed E-state index contributed by atoms with van der Waals surface area (Å²) in [5.41, 5.74) is 6.67. The maximum atomic E-state index is 12.2. The van der Waals surface area contributed by atoms with Crippen LogP contribution in [-0.4, -0.2) is 26.6 Å². The molecule has 0 aliphatic carbocycles. The van der Waals surface area contributed by atoms with Crippen molar-refractivity contribution in [1.82, 2.24) is 20.6 Å². The van der Waals surface area contributed by atoms with Crippen molar-refractivity contribution in [3.8, 4) is 5.75 Å². The molecule has 2 aromatic heterocycles. The Morgan fingerprint density at radius 1 is 1.23 bits per heavy atom. The molecule has 0 radical (unpaired) electrons. The first kappa shape index (κ1) is 21.7. The van der Waals surface area contributed by atoms with E-state index in [9.17, 15) is 19.7 Å². The normalized spacial score (nSPS) is 10.4. The molecule has 0 spiro atoms. The molecule has 0 atom stereocenters. The molecule has 0 saturated carbocycles. The summed E-state index contributed by atoms with van der Waals surface area (Å²) in [5.74, 6) is -0.510. The van der Waals surface area contributed by atoms with Gasteiger partial charge in [0.2, 0.25) is 0 Å². The minimum absolute atomic E-state index is 0.106. The van der Waals surface area contributed by atoms with Gasteiger partial charge in [-0.2, -0.15) is 5.10 Å². The van der Waals surface area contributed by atoms with Crippen molar-refractivity contribution in [3.05, 3.63) is 80.3 Å². The Morgan fingerprint density at radius 3 is 2.52 bits per heavy atom. The van der Waals surface area contributed by atoms with Crippen molar-refractivity contribution in [2.24, 2.45) is 0 Å². The molecule has 0 bridgehead atoms. The fourth-order valence-corrected chi connectivity index (χ4v) is 3.37. The third-order valence-electron chi connectivity index (χ3n) is 4.31. The van der Waals surface area contributed by atoms with Crippen LogP contribution in [0.1, 0.15) is 26.6 Å². The van der Waals surface area contributed by atoms with Crippen LogP contribution in [0.15, 0.2) is 48.4 Å². The number of aryl methyl sites for hydroxylation is 1. The lowest BCUT2D eigenvalue weighted by atomic mass is 10.2. The maximum Gasteiger partial charge on any atom is 0.353 e. The summed E-state index contributed by atoms with van der Waals surface area (Å²) in [6, 6.07) is 10.0. The number of aromatic nitrogens is 2. The van der Waals surface area contributed by atoms with Gasteiger partial charge in [0.25, 0.3) is 5.91 Å². The van der Waals surface area contributed by atoms with Gasteiger partial charge in [-0.15, -0.1) is 11.3 Å². The number of rotatable bonds is 8. The zero-order valence-corrected chi connectivity index (χ0v) is 17.6. The Hall–Kier alpha value is -3.99. The monoisotopic (exact) mass is 441 g/mol. The Kier molecular flexibility index (Phi) is 6.46. The average molecular weight is 441 g/mol. The predicted octanol–water partition coefficient (Wildman–Crippen LogP) is 2.98. The summed E-state index contributed by atoms with van der Waals surface area (Å²) in [5, 5.41) is 16.9. The van der Waals surface area contributed by atoms with E-state index >= 15 is 0 Å². The number of carbonyl (C=O) groups excluding carboxylic acids is 2. The van der Waals surface area contributed by atoms with Crippen molar-refractivity contribution >= 4 is 34.6 Å². The first-order chi connectivity index (χ1) is 14.8. The number of ether oxygens (including phenoxy) is 1. The first-order valence-corrected chi connectivity index (χ1v) is 9.92. The second-order valence-corrected chi connectivity index (χ2v) is 7.42. The average Bonchev–Trinajstić information content (AvgIpc) is 3.35. The second-order valence-electron chi connectivity index (χ2n) is 6.48. The van der Waals surface area contributed by atoms with Crippen molar-refractivity contribution in [2.75, 3.05) is 0 Å². The van der Waals surface area contributed by atoms with Crippen LogP contribution < -0.4 is 15.6 Å². The van der Waals surface area contributed by atoms with Gasteiger partial charge in [0.1, 0.15) is 28.6 Å². The molecule has 31 heavy (non-hydrogen) atoms. The molecule has 0 saturated heterocycles. The summed E-state index contributed by atoms with van der Waals surface area (Å²) >= 11 is 1.29. The molecule has 0 fully saturated rings. The number of carbonyl (C=O) groups is 2. The van der Waals surface area contributed by atoms with Crippen molar-refractivity contribution in [2.45, 2.75) is 20.4 Å². The van der Waals surface area contributed by atoms with Crippen molar-refractivity contribution in [1.29, 1.82) is 0 Å². The van der Waals surface area contributed by atoms with Gasteiger partial charge in [-0.3, -0.25) is 30.4 Å². The number of esters is 1. The number of amides is 1. The predicted molar refractivity (Wildman–Crippen MR) is 114 cm³/mol. The van der Waals surface area contributed by atoms with Crippen LogP contribution in [0.4, 0.5) is 5.69 Å². The van der Waals surface area contributed by atoms with Gasteiger partial charge in [-0.1, -0.05) is 12.6 Å². The minimum atomic E-state index is -0.520. The lowest BCUT2D eigenvalue weighted by Crippen LogP contribution is -2.38. The quantitative estimate of drug-likeness (QED) is 0.238. The summed E-state index contributed by atoms with van der Waals surface area (Å²) in [7, 11) is 0. The molecule has 1 amide bonds. The Bertz CT molecular complexity index is 1140. The Morgan fingerprint density at radius 2 is 1.94 bits per heavy atom. The van der Waals surface area contributed by atoms with E-state index < -0.39 is 16.8 Å². The molecule has 3 rings (SSSR count). The number of hydrogen-bond acceptors (Lipinski definition) is 8. The molecule has 10 nitrogen and oxygen atoms in total. The van der Waals surface area contributed by atoms with Gasteiger partial charge < -0.3 is 4.74 Å². The number of nitro groups is 1. The molecule has 1 aromatic carbocycles. The fourth-order valence-electron chi connectivity index (χ4n) is 2.77. The van der Waals surface area contributed by atoms with Crippen LogP contribution in [0.5, 0.6) is 5.75 Å². The number of nitrogens with one attached hydrogen (secondary N) is 2. The van der Waals surface area contributed by atoms with E-state index in [2.05, 4.69) is 22.5 Å². The molecule has 160 valence electrons. The third kappa shape index (κ3) is 5.14. The number of hydrazine groups is 1. The summed E-state index contributed by atoms with van der Waals surface area (Å²) < 4.78 is 6.56. The minimum Gasteiger partial charge on any atom is -0.422 e. The van der Waals surface area contributed by atoms with Gasteiger partial charge in [0.05, 0.1) is 10.6 Å². The molecule has 0 aliphatic rings. The fraction of sp³-hybridized carbons (Fsp3) is 0.150. The molecule has 0 unspecified atom stereocenters. The lowest BCUT2D eigenvalue weighted by molar-refractivity contribution is -0.386. The molecule has 2 N–H and O–H groups in total. The summed E-state index contributed by atoms with van der Waals surface area (Å²) in [4.78, 5) is 35.2. The smallest absolute Gasteiger partial charge is 0.353 e. The van der Waals surface area contributed by atoms with E-state index in [0.717, 1.165) is 0 Å². The van der Waals surface area contributed by atoms with Crippen molar-refractivity contribution < 1.29 is 19.2 Å². The zero-order chi connectivity index (χ0) is 22.5. The van der Waals surface area contributed by atoms with Crippen LogP contribution in [0.3, 0.4) is 0 Å². The number of thiophene rings is 1. The molecule has 2 heterocycles. The largest absolute Gasteiger partial charge is 0.422 e. The standard InChI is InChI=1S/C20H19N5O5S/c1-12(15-6-8-16(9-7-15)30-20(27)17-5-4-10-31-17)21-22-18(26)11-24-14(3)19(25(28)29)13(2)23-24/h4-10,21H,1,11H2,2-3H3,(H,22,26). The van der Waals surface area contributed by atoms with Crippen LogP contribution >= 0.6 is 11.3 Å². The number of benzene rings is 1. The van der Waals surface area contributed by atoms with Gasteiger partial charge >= 0.3 is 11.7 Å². The van der Waals surface area contributed by atoms with E-state index in [4.69, 9.17) is 4.74 Å². The molecule has 3 aromatic rings. The highest BCUT2D eigenvalue weighted by Gasteiger charge is 2.22. The van der Waals surface area contributed by atoms with Crippen molar-refractivity contribution in [3.63, 3.8) is 0 Å². The molecular weight excluding hydrogens is 422 g/mol. The van der Waals surface area contributed by atoms with E-state index in [1.54, 1.807) is 41.8 Å². The van der Waals surface area contributed by atoms with Gasteiger partial charge in [0, 0.05) is 0 Å². The highest BCUT2D eigenvalue weighted by atomic mass is 32.1. The van der Waals surface area contributed by atoms with E-state index in [-0.39, 0.29) is 17.9 Å². The highest BCUT2D eigenvalue weighted by molar-refractivity contribution is 7.12. The van der Waals surface area contributed by atoms with Crippen LogP contribution in [0, 0.1) is 24.0 Å². The zero-order valence-electron chi connectivity index (χ0n) is 16.7. The second kappa shape index (κ2) is 9.22. The third-order valence-corrected chi connectivity index (χ3v) is 5.16. The van der Waals surface area contributed by atoms with Crippen LogP contribution in [0.2, 0.25) is 0 Å². The first-order valence-electron chi connectivity index (χ1n) is 9.04. The summed E-state index contributed by atoms with van der Waals surface area (Å²) in [6.07, 6.45) is 0. The Balaban J connectivity index is 1.53. The number of nitrogens with zero attached hydrogens (tertiary/aromatic N) is 3. The maximum absolute atomic E-state index is 12.2. The topological polar surface area (TPSA) is 128 Å². The lowest BCUT2D eigenvalue weighted by Gasteiger charge is -2.12. The van der Waals surface area contributed by atoms with Gasteiger partial charge in [-0.05, 0) is 55.1 Å². The molecule has 11 heteroatoms. The molecule has 0 aliphatic heterocycles. The SMILES string of the molecule is C=C(NNC(=O)Cn1nc(C)c([N+](=O)[O-])c1C)c1ccc(OC(=O)c2cccs2)cc1. The Labute approximate surface area is 181 Å². The molecular formula is C20H19N5O5S. The number of hydrogen-bond donors (Lipinski definition) is 2. The van der Waals surface area contributed by atoms with E-state index in [1.165, 1.54) is 29.9 Å². The summed E-state index contributed by atoms with van der Waals surface area (Å²) in [6.45, 7) is 6.70. The van der Waals surface area contributed by atoms with Gasteiger partial charge in [-0.25, -0.2) is 4.79 Å². The van der Waals surface area contributed by atoms with Crippen LogP contribution in [0.25, 0.3) is 5.70 Å². The van der Waals surface area contributed by atoms with Gasteiger partial charge in [0.15, 0.2) is 0 Å². The van der Waals surface area contributed by atoms with E-state index in [0.29, 0.717) is 27.6 Å².